The average Bonchev–Trinajstić information content (AvgIpc) is 3.09. The number of nitrogens with one attached hydrogen (secondary N) is 1. The minimum Gasteiger partial charge on any atom is -0.351 e. The first-order valence-corrected chi connectivity index (χ1v) is 11.5. The van der Waals surface area contributed by atoms with Gasteiger partial charge < -0.3 is 5.32 Å². The topological polar surface area (TPSA) is 115 Å². The largest absolute Gasteiger partial charge is 0.351 e. The van der Waals surface area contributed by atoms with E-state index in [1.54, 1.807) is 12.1 Å². The van der Waals surface area contributed by atoms with E-state index in [2.05, 4.69) is 15.5 Å². The van der Waals surface area contributed by atoms with Gasteiger partial charge >= 0.3 is 0 Å². The number of hydrogen-bond acceptors (Lipinski definition) is 7. The van der Waals surface area contributed by atoms with Crippen molar-refractivity contribution in [2.24, 2.45) is 5.14 Å². The van der Waals surface area contributed by atoms with Crippen molar-refractivity contribution in [3.63, 3.8) is 0 Å². The molecule has 1 aromatic heterocycles. The van der Waals surface area contributed by atoms with Crippen LogP contribution in [0.2, 0.25) is 0 Å². The summed E-state index contributed by atoms with van der Waals surface area (Å²) in [4.78, 5) is 12.9. The molecule has 0 aliphatic rings. The Bertz CT molecular complexity index is 1050. The molecule has 1 amide bonds. The molecule has 0 aliphatic heterocycles. The molecular formula is C18H18N4O3S3. The molecule has 0 aliphatic carbocycles. The van der Waals surface area contributed by atoms with E-state index in [9.17, 15) is 13.2 Å². The van der Waals surface area contributed by atoms with Crippen molar-refractivity contribution in [2.45, 2.75) is 28.0 Å². The zero-order valence-corrected chi connectivity index (χ0v) is 17.4. The van der Waals surface area contributed by atoms with E-state index in [1.807, 2.05) is 37.3 Å². The zero-order chi connectivity index (χ0) is 20.1. The molecule has 0 saturated heterocycles. The standard InChI is InChI=1S/C18H18N4O3S3/c1-12-21-22-18(26-12)27-16(14-5-3-2-4-6-14)17(23)20-11-13-7-9-15(10-8-13)28(19,24)25/h2-10,16H,11H2,1H3,(H,20,23)(H2,19,24,25). The highest BCUT2D eigenvalue weighted by molar-refractivity contribution is 8.01. The van der Waals surface area contributed by atoms with Crippen LogP contribution >= 0.6 is 23.1 Å². The molecule has 3 aromatic rings. The molecule has 0 fully saturated rings. The van der Waals surface area contributed by atoms with Gasteiger partial charge in [-0.25, -0.2) is 13.6 Å². The monoisotopic (exact) mass is 434 g/mol. The molecule has 10 heteroatoms. The van der Waals surface area contributed by atoms with Crippen LogP contribution in [0, 0.1) is 6.92 Å². The molecule has 146 valence electrons. The van der Waals surface area contributed by atoms with Gasteiger partial charge in [0.15, 0.2) is 4.34 Å². The van der Waals surface area contributed by atoms with E-state index in [-0.39, 0.29) is 17.3 Å². The van der Waals surface area contributed by atoms with Crippen LogP contribution in [-0.2, 0) is 21.4 Å². The molecule has 0 bridgehead atoms. The van der Waals surface area contributed by atoms with Crippen LogP contribution in [0.25, 0.3) is 0 Å². The number of carbonyl (C=O) groups excluding carboxylic acids is 1. The Kier molecular flexibility index (Phi) is 6.45. The summed E-state index contributed by atoms with van der Waals surface area (Å²) in [5.74, 6) is -0.167. The molecule has 2 aromatic carbocycles. The Morgan fingerprint density at radius 2 is 1.82 bits per heavy atom. The average molecular weight is 435 g/mol. The second-order valence-corrected chi connectivity index (χ2v) is 10.00. The summed E-state index contributed by atoms with van der Waals surface area (Å²) in [7, 11) is -3.74. The third-order valence-corrected chi connectivity index (χ3v) is 6.89. The van der Waals surface area contributed by atoms with E-state index in [4.69, 9.17) is 5.14 Å². The van der Waals surface area contributed by atoms with Crippen molar-refractivity contribution in [2.75, 3.05) is 0 Å². The fourth-order valence-corrected chi connectivity index (χ4v) is 4.95. The summed E-state index contributed by atoms with van der Waals surface area (Å²) in [6.45, 7) is 2.13. The van der Waals surface area contributed by atoms with Crippen molar-refractivity contribution in [1.29, 1.82) is 0 Å². The smallest absolute Gasteiger partial charge is 0.238 e. The zero-order valence-electron chi connectivity index (χ0n) is 14.9. The van der Waals surface area contributed by atoms with Crippen molar-refractivity contribution >= 4 is 39.0 Å². The summed E-state index contributed by atoms with van der Waals surface area (Å²) in [5, 5.41) is 16.5. The first-order chi connectivity index (χ1) is 13.3. The lowest BCUT2D eigenvalue weighted by molar-refractivity contribution is -0.120. The number of sulfonamides is 1. The van der Waals surface area contributed by atoms with Gasteiger partial charge in [-0.05, 0) is 30.2 Å². The Labute approximate surface area is 171 Å². The normalized spacial score (nSPS) is 12.5. The van der Waals surface area contributed by atoms with Crippen molar-refractivity contribution < 1.29 is 13.2 Å². The van der Waals surface area contributed by atoms with Gasteiger partial charge in [0.1, 0.15) is 10.3 Å². The number of hydrogen-bond donors (Lipinski definition) is 2. The highest BCUT2D eigenvalue weighted by atomic mass is 32.2. The highest BCUT2D eigenvalue weighted by Gasteiger charge is 2.23. The van der Waals surface area contributed by atoms with Crippen molar-refractivity contribution in [3.05, 3.63) is 70.7 Å². The Morgan fingerprint density at radius 3 is 2.39 bits per heavy atom. The lowest BCUT2D eigenvalue weighted by atomic mass is 10.1. The molecule has 1 heterocycles. The number of benzene rings is 2. The maximum atomic E-state index is 12.9. The third kappa shape index (κ3) is 5.38. The fraction of sp³-hybridized carbons (Fsp3) is 0.167. The molecular weight excluding hydrogens is 416 g/mol. The fourth-order valence-electron chi connectivity index (χ4n) is 2.41. The predicted molar refractivity (Wildman–Crippen MR) is 109 cm³/mol. The Hall–Kier alpha value is -2.27. The first kappa shape index (κ1) is 20.5. The molecule has 0 radical (unpaired) electrons. The van der Waals surface area contributed by atoms with Crippen LogP contribution in [0.5, 0.6) is 0 Å². The number of rotatable bonds is 7. The molecule has 1 atom stereocenters. The first-order valence-electron chi connectivity index (χ1n) is 8.24. The van der Waals surface area contributed by atoms with Crippen LogP contribution in [-0.4, -0.2) is 24.5 Å². The minimum absolute atomic E-state index is 0.0342. The number of carbonyl (C=O) groups is 1. The van der Waals surface area contributed by atoms with E-state index in [0.29, 0.717) is 0 Å². The van der Waals surface area contributed by atoms with Crippen molar-refractivity contribution in [3.8, 4) is 0 Å². The molecule has 7 nitrogen and oxygen atoms in total. The lowest BCUT2D eigenvalue weighted by Crippen LogP contribution is -2.27. The van der Waals surface area contributed by atoms with Crippen LogP contribution in [0.1, 0.15) is 21.4 Å². The number of amides is 1. The van der Waals surface area contributed by atoms with Gasteiger partial charge in [-0.1, -0.05) is 65.6 Å². The van der Waals surface area contributed by atoms with E-state index < -0.39 is 15.3 Å². The Balaban J connectivity index is 1.72. The Morgan fingerprint density at radius 1 is 1.14 bits per heavy atom. The van der Waals surface area contributed by atoms with E-state index in [0.717, 1.165) is 20.5 Å². The van der Waals surface area contributed by atoms with Gasteiger partial charge in [-0.2, -0.15) is 0 Å². The van der Waals surface area contributed by atoms with Gasteiger partial charge in [-0.3, -0.25) is 4.79 Å². The number of primary sulfonamides is 1. The summed E-state index contributed by atoms with van der Waals surface area (Å²) in [6.07, 6.45) is 0. The SMILES string of the molecule is Cc1nnc(SC(C(=O)NCc2ccc(S(N)(=O)=O)cc2)c2ccccc2)s1. The van der Waals surface area contributed by atoms with Gasteiger partial charge in [0, 0.05) is 6.54 Å². The van der Waals surface area contributed by atoms with Crippen LogP contribution < -0.4 is 10.5 Å². The lowest BCUT2D eigenvalue weighted by Gasteiger charge is -2.15. The van der Waals surface area contributed by atoms with E-state index in [1.165, 1.54) is 35.2 Å². The van der Waals surface area contributed by atoms with Crippen LogP contribution in [0.3, 0.4) is 0 Å². The molecule has 1 unspecified atom stereocenters. The van der Waals surface area contributed by atoms with Crippen molar-refractivity contribution in [1.82, 2.24) is 15.5 Å². The third-order valence-electron chi connectivity index (χ3n) is 3.79. The van der Waals surface area contributed by atoms with Gasteiger partial charge in [0.25, 0.3) is 0 Å². The number of nitrogens with two attached hydrogens (primary N) is 1. The van der Waals surface area contributed by atoms with Gasteiger partial charge in [-0.15, -0.1) is 10.2 Å². The number of thioether (sulfide) groups is 1. The van der Waals surface area contributed by atoms with Crippen LogP contribution in [0.4, 0.5) is 0 Å². The van der Waals surface area contributed by atoms with E-state index >= 15 is 0 Å². The summed E-state index contributed by atoms with van der Waals surface area (Å²) in [6, 6.07) is 15.5. The second-order valence-electron chi connectivity index (χ2n) is 5.90. The maximum Gasteiger partial charge on any atom is 0.238 e. The predicted octanol–water partition coefficient (Wildman–Crippen LogP) is 2.64. The maximum absolute atomic E-state index is 12.9. The van der Waals surface area contributed by atoms with Gasteiger partial charge in [0.2, 0.25) is 15.9 Å². The quantitative estimate of drug-likeness (QED) is 0.553. The molecule has 0 spiro atoms. The minimum atomic E-state index is -3.74. The highest BCUT2D eigenvalue weighted by Crippen LogP contribution is 2.36. The second kappa shape index (κ2) is 8.82. The molecule has 3 rings (SSSR count). The molecule has 28 heavy (non-hydrogen) atoms. The summed E-state index contributed by atoms with van der Waals surface area (Å²) < 4.78 is 23.4. The molecule has 3 N–H and O–H groups in total. The summed E-state index contributed by atoms with van der Waals surface area (Å²) >= 11 is 2.79. The number of aromatic nitrogens is 2. The van der Waals surface area contributed by atoms with Crippen LogP contribution in [0.15, 0.2) is 63.8 Å². The number of aryl methyl sites for hydroxylation is 1. The van der Waals surface area contributed by atoms with Gasteiger partial charge in [0.05, 0.1) is 4.90 Å². The molecule has 0 saturated carbocycles. The number of nitrogens with zero attached hydrogens (tertiary/aromatic N) is 2. The summed E-state index contributed by atoms with van der Waals surface area (Å²) in [5.41, 5.74) is 1.63.